The molecule has 2 aromatic carbocycles. The predicted molar refractivity (Wildman–Crippen MR) is 128 cm³/mol. The Bertz CT molecular complexity index is 1050. The van der Waals surface area contributed by atoms with Crippen LogP contribution in [0.1, 0.15) is 38.3 Å². The van der Waals surface area contributed by atoms with Crippen molar-refractivity contribution in [1.82, 2.24) is 4.90 Å². The van der Waals surface area contributed by atoms with Crippen LogP contribution in [0.4, 0.5) is 5.69 Å². The van der Waals surface area contributed by atoms with Crippen molar-refractivity contribution in [3.8, 4) is 11.5 Å². The second-order valence-electron chi connectivity index (χ2n) is 8.88. The monoisotopic (exact) mass is 452 g/mol. The zero-order chi connectivity index (χ0) is 24.2. The van der Waals surface area contributed by atoms with Gasteiger partial charge in [-0.05, 0) is 47.2 Å². The number of carbonyl (C=O) groups excluding carboxylic acids is 2. The van der Waals surface area contributed by atoms with Crippen molar-refractivity contribution < 1.29 is 23.8 Å². The SMILES string of the molecule is COCCCN1C(=O)C(Nc2ccc(C(C)(C)C)cc2)=C(c2ccc(OC)c(OC)c2)C1=O. The first-order valence-electron chi connectivity index (χ1n) is 10.9. The summed E-state index contributed by atoms with van der Waals surface area (Å²) < 4.78 is 15.8. The molecular formula is C26H32N2O5. The molecule has 0 spiro atoms. The molecule has 0 unspecified atom stereocenters. The van der Waals surface area contributed by atoms with Crippen LogP contribution in [0.15, 0.2) is 48.2 Å². The summed E-state index contributed by atoms with van der Waals surface area (Å²) in [6, 6.07) is 13.1. The molecule has 2 amide bonds. The van der Waals surface area contributed by atoms with Gasteiger partial charge in [-0.3, -0.25) is 14.5 Å². The van der Waals surface area contributed by atoms with Crippen LogP contribution < -0.4 is 14.8 Å². The van der Waals surface area contributed by atoms with Gasteiger partial charge < -0.3 is 19.5 Å². The molecule has 1 N–H and O–H groups in total. The first-order valence-corrected chi connectivity index (χ1v) is 10.9. The molecular weight excluding hydrogens is 420 g/mol. The minimum Gasteiger partial charge on any atom is -0.493 e. The molecule has 176 valence electrons. The fourth-order valence-electron chi connectivity index (χ4n) is 3.72. The van der Waals surface area contributed by atoms with E-state index in [0.29, 0.717) is 35.7 Å². The van der Waals surface area contributed by atoms with E-state index in [1.54, 1.807) is 32.4 Å². The molecule has 0 bridgehead atoms. The molecule has 3 rings (SSSR count). The van der Waals surface area contributed by atoms with Crippen LogP contribution in [0.25, 0.3) is 5.57 Å². The third-order valence-electron chi connectivity index (χ3n) is 5.59. The molecule has 2 aromatic rings. The van der Waals surface area contributed by atoms with Gasteiger partial charge in [0.25, 0.3) is 11.8 Å². The minimum absolute atomic E-state index is 0.0138. The fraction of sp³-hybridized carbons (Fsp3) is 0.385. The summed E-state index contributed by atoms with van der Waals surface area (Å²) in [6.07, 6.45) is 0.556. The van der Waals surface area contributed by atoms with Crippen molar-refractivity contribution >= 4 is 23.1 Å². The van der Waals surface area contributed by atoms with E-state index in [2.05, 4.69) is 26.1 Å². The summed E-state index contributed by atoms with van der Waals surface area (Å²) >= 11 is 0. The second kappa shape index (κ2) is 10.1. The van der Waals surface area contributed by atoms with E-state index in [-0.39, 0.29) is 29.5 Å². The second-order valence-corrected chi connectivity index (χ2v) is 8.88. The normalized spacial score (nSPS) is 14.2. The van der Waals surface area contributed by atoms with Gasteiger partial charge in [-0.2, -0.15) is 0 Å². The Labute approximate surface area is 195 Å². The number of imide groups is 1. The average Bonchev–Trinajstić information content (AvgIpc) is 3.02. The van der Waals surface area contributed by atoms with Gasteiger partial charge >= 0.3 is 0 Å². The van der Waals surface area contributed by atoms with Crippen molar-refractivity contribution in [2.24, 2.45) is 0 Å². The van der Waals surface area contributed by atoms with Gasteiger partial charge in [0, 0.05) is 25.9 Å². The van der Waals surface area contributed by atoms with Crippen LogP contribution in [0.3, 0.4) is 0 Å². The number of amides is 2. The van der Waals surface area contributed by atoms with Crippen molar-refractivity contribution in [3.05, 3.63) is 59.3 Å². The zero-order valence-corrected chi connectivity index (χ0v) is 20.2. The number of benzene rings is 2. The first kappa shape index (κ1) is 24.3. The summed E-state index contributed by atoms with van der Waals surface area (Å²) in [4.78, 5) is 27.9. The third-order valence-corrected chi connectivity index (χ3v) is 5.59. The molecule has 0 fully saturated rings. The third kappa shape index (κ3) is 5.20. The standard InChI is InChI=1S/C26H32N2O5/c1-26(2,3)18-9-11-19(12-10-18)27-23-22(17-8-13-20(32-5)21(16-17)33-6)24(29)28(25(23)30)14-7-15-31-4/h8-13,16,27H,7,14-15H2,1-6H3. The lowest BCUT2D eigenvalue weighted by Gasteiger charge is -2.19. The quantitative estimate of drug-likeness (QED) is 0.453. The Morgan fingerprint density at radius 2 is 1.55 bits per heavy atom. The van der Waals surface area contributed by atoms with Crippen LogP contribution in [0.2, 0.25) is 0 Å². The zero-order valence-electron chi connectivity index (χ0n) is 20.2. The van der Waals surface area contributed by atoms with E-state index in [4.69, 9.17) is 14.2 Å². The number of carbonyl (C=O) groups is 2. The number of ether oxygens (including phenoxy) is 3. The van der Waals surface area contributed by atoms with Gasteiger partial charge in [0.15, 0.2) is 11.5 Å². The van der Waals surface area contributed by atoms with Crippen molar-refractivity contribution in [2.45, 2.75) is 32.6 Å². The van der Waals surface area contributed by atoms with Gasteiger partial charge in [0.2, 0.25) is 0 Å². The van der Waals surface area contributed by atoms with E-state index in [1.807, 2.05) is 24.3 Å². The van der Waals surface area contributed by atoms with E-state index in [9.17, 15) is 9.59 Å². The van der Waals surface area contributed by atoms with Crippen LogP contribution in [-0.2, 0) is 19.7 Å². The molecule has 0 saturated carbocycles. The first-order chi connectivity index (χ1) is 15.7. The minimum atomic E-state index is -0.360. The maximum absolute atomic E-state index is 13.3. The van der Waals surface area contributed by atoms with Gasteiger partial charge in [0.1, 0.15) is 5.70 Å². The number of methoxy groups -OCH3 is 3. The predicted octanol–water partition coefficient (Wildman–Crippen LogP) is 4.23. The fourth-order valence-corrected chi connectivity index (χ4v) is 3.72. The molecule has 0 aromatic heterocycles. The van der Waals surface area contributed by atoms with Crippen LogP contribution in [0.5, 0.6) is 11.5 Å². The molecule has 0 saturated heterocycles. The van der Waals surface area contributed by atoms with Gasteiger partial charge in [-0.25, -0.2) is 0 Å². The average molecular weight is 453 g/mol. The molecule has 7 heteroatoms. The molecule has 1 heterocycles. The summed E-state index contributed by atoms with van der Waals surface area (Å²) in [5.41, 5.74) is 3.05. The highest BCUT2D eigenvalue weighted by atomic mass is 16.5. The molecule has 7 nitrogen and oxygen atoms in total. The topological polar surface area (TPSA) is 77.1 Å². The summed E-state index contributed by atoms with van der Waals surface area (Å²) in [5, 5.41) is 3.20. The van der Waals surface area contributed by atoms with Crippen molar-refractivity contribution in [1.29, 1.82) is 0 Å². The smallest absolute Gasteiger partial charge is 0.278 e. The number of nitrogens with one attached hydrogen (secondary N) is 1. The molecule has 0 radical (unpaired) electrons. The Hall–Kier alpha value is -3.32. The largest absolute Gasteiger partial charge is 0.493 e. The number of anilines is 1. The highest BCUT2D eigenvalue weighted by molar-refractivity contribution is 6.36. The maximum Gasteiger partial charge on any atom is 0.278 e. The van der Waals surface area contributed by atoms with Crippen molar-refractivity contribution in [3.63, 3.8) is 0 Å². The highest BCUT2D eigenvalue weighted by Gasteiger charge is 2.39. The maximum atomic E-state index is 13.3. The Balaban J connectivity index is 2.02. The molecule has 33 heavy (non-hydrogen) atoms. The Kier molecular flexibility index (Phi) is 7.43. The van der Waals surface area contributed by atoms with Crippen LogP contribution in [-0.4, -0.2) is 51.2 Å². The van der Waals surface area contributed by atoms with E-state index in [0.717, 1.165) is 5.69 Å². The van der Waals surface area contributed by atoms with Crippen molar-refractivity contribution in [2.75, 3.05) is 39.8 Å². The molecule has 0 aliphatic carbocycles. The number of hydrogen-bond acceptors (Lipinski definition) is 6. The molecule has 1 aliphatic heterocycles. The Morgan fingerprint density at radius 1 is 0.879 bits per heavy atom. The lowest BCUT2D eigenvalue weighted by molar-refractivity contribution is -0.136. The highest BCUT2D eigenvalue weighted by Crippen LogP contribution is 2.36. The van der Waals surface area contributed by atoms with Gasteiger partial charge in [0.05, 0.1) is 19.8 Å². The summed E-state index contributed by atoms with van der Waals surface area (Å²) in [6.45, 7) is 7.16. The van der Waals surface area contributed by atoms with E-state index < -0.39 is 0 Å². The van der Waals surface area contributed by atoms with E-state index in [1.165, 1.54) is 17.6 Å². The lowest BCUT2D eigenvalue weighted by Crippen LogP contribution is -2.33. The lowest BCUT2D eigenvalue weighted by atomic mass is 9.87. The number of nitrogens with zero attached hydrogens (tertiary/aromatic N) is 1. The van der Waals surface area contributed by atoms with Gasteiger partial charge in [-0.1, -0.05) is 39.0 Å². The number of rotatable bonds is 9. The summed E-state index contributed by atoms with van der Waals surface area (Å²) in [5.74, 6) is 0.315. The molecule has 1 aliphatic rings. The van der Waals surface area contributed by atoms with Gasteiger partial charge in [-0.15, -0.1) is 0 Å². The number of hydrogen-bond donors (Lipinski definition) is 1. The van der Waals surface area contributed by atoms with E-state index >= 15 is 0 Å². The summed E-state index contributed by atoms with van der Waals surface area (Å²) in [7, 11) is 4.67. The van der Waals surface area contributed by atoms with Crippen LogP contribution >= 0.6 is 0 Å². The Morgan fingerprint density at radius 3 is 2.12 bits per heavy atom. The van der Waals surface area contributed by atoms with Crippen LogP contribution in [0, 0.1) is 0 Å². The molecule has 0 atom stereocenters.